The van der Waals surface area contributed by atoms with Gasteiger partial charge in [0.1, 0.15) is 12.1 Å². The molecule has 266 valence electrons. The maximum atomic E-state index is 12.7. The second kappa shape index (κ2) is 18.5. The zero-order valence-electron chi connectivity index (χ0n) is 28.2. The number of nitrogens with one attached hydrogen (secondary N) is 3. The van der Waals surface area contributed by atoms with Crippen molar-refractivity contribution in [2.24, 2.45) is 10.9 Å². The molecule has 1 atom stereocenters. The van der Waals surface area contributed by atoms with Crippen LogP contribution >= 0.6 is 11.8 Å². The second-order valence-electron chi connectivity index (χ2n) is 11.6. The quantitative estimate of drug-likeness (QED) is 0.0706. The van der Waals surface area contributed by atoms with Crippen LogP contribution in [0.3, 0.4) is 0 Å². The van der Waals surface area contributed by atoms with E-state index in [0.717, 1.165) is 22.4 Å². The summed E-state index contributed by atoms with van der Waals surface area (Å²) in [4.78, 5) is 65.0. The van der Waals surface area contributed by atoms with Crippen LogP contribution in [0.4, 0.5) is 5.82 Å². The molecule has 0 aliphatic carbocycles. The van der Waals surface area contributed by atoms with Crippen molar-refractivity contribution < 1.29 is 29.0 Å². The summed E-state index contributed by atoms with van der Waals surface area (Å²) in [5.41, 5.74) is 10.3. The van der Waals surface area contributed by atoms with E-state index in [9.17, 15) is 24.3 Å². The molecule has 16 heteroatoms. The van der Waals surface area contributed by atoms with Gasteiger partial charge in [-0.3, -0.25) is 23.9 Å². The molecule has 4 aromatic rings. The van der Waals surface area contributed by atoms with E-state index in [2.05, 4.69) is 30.6 Å². The van der Waals surface area contributed by atoms with Crippen LogP contribution in [0.15, 0.2) is 58.3 Å². The maximum absolute atomic E-state index is 12.7. The van der Waals surface area contributed by atoms with Crippen LogP contribution in [0.2, 0.25) is 0 Å². The standard InChI is InChI=1S/C34H42N8O7S/c1-21(2)37-17-23-8-10-25(11-9-23)31(44)36-12-15-50-20-26(32(45)46)16-27(43)38-18-22-4-6-24(7-5-22)19-42-30-28(39-34(42)47)29(35)40-33(41-30)49-14-13-48-3/h4-11,26H,12-20H2,1-3H3,(H,36,44)(H,38,43)(H,39,47)(H,45,46)(H2,35,40,41). The molecule has 15 nitrogen and oxygen atoms in total. The van der Waals surface area contributed by atoms with Gasteiger partial charge in [-0.05, 0) is 42.7 Å². The maximum Gasteiger partial charge on any atom is 0.328 e. The van der Waals surface area contributed by atoms with Gasteiger partial charge < -0.3 is 35.9 Å². The van der Waals surface area contributed by atoms with Gasteiger partial charge in [0.2, 0.25) is 5.91 Å². The zero-order chi connectivity index (χ0) is 36.0. The molecule has 0 spiro atoms. The Morgan fingerprint density at radius 3 is 2.40 bits per heavy atom. The smallest absolute Gasteiger partial charge is 0.328 e. The number of benzene rings is 2. The molecule has 6 N–H and O–H groups in total. The number of carboxylic acid groups (broad SMARTS) is 1. The number of H-pyrrole nitrogens is 1. The third kappa shape index (κ3) is 11.2. The number of carboxylic acids is 1. The van der Waals surface area contributed by atoms with Gasteiger partial charge in [0, 0.05) is 49.4 Å². The molecule has 2 aromatic carbocycles. The fourth-order valence-corrected chi connectivity index (χ4v) is 5.65. The number of thioether (sulfide) groups is 1. The van der Waals surface area contributed by atoms with E-state index in [-0.39, 0.29) is 55.5 Å². The number of carbonyl (C=O) groups excluding carboxylic acids is 2. The number of methoxy groups -OCH3 is 1. The molecule has 4 rings (SSSR count). The fraction of sp³-hybridized carbons (Fsp3) is 0.382. The van der Waals surface area contributed by atoms with Crippen LogP contribution in [0.1, 0.15) is 47.3 Å². The SMILES string of the molecule is COCCOc1nc(N)c2[nH]c(=O)n(Cc3ccc(CNC(=O)CC(CSCCNC(=O)c4ccc(CN=C(C)C)cc4)C(=O)O)cc3)c2n1. The summed E-state index contributed by atoms with van der Waals surface area (Å²) in [6.45, 7) is 5.75. The number of hydrogen-bond acceptors (Lipinski definition) is 11. The van der Waals surface area contributed by atoms with E-state index < -0.39 is 17.6 Å². The van der Waals surface area contributed by atoms with E-state index in [1.165, 1.54) is 16.3 Å². The Kier molecular flexibility index (Phi) is 13.9. The Morgan fingerprint density at radius 1 is 1.02 bits per heavy atom. The first kappa shape index (κ1) is 37.6. The Labute approximate surface area is 293 Å². The minimum absolute atomic E-state index is 0.0322. The van der Waals surface area contributed by atoms with Crippen molar-refractivity contribution in [3.05, 3.63) is 81.3 Å². The van der Waals surface area contributed by atoms with E-state index in [4.69, 9.17) is 15.2 Å². The molecule has 0 fully saturated rings. The van der Waals surface area contributed by atoms with Gasteiger partial charge in [-0.25, -0.2) is 4.79 Å². The minimum Gasteiger partial charge on any atom is -0.481 e. The Hall–Kier alpha value is -5.22. The summed E-state index contributed by atoms with van der Waals surface area (Å²) in [5, 5.41) is 15.3. The number of aliphatic carboxylic acids is 1. The van der Waals surface area contributed by atoms with Gasteiger partial charge in [0.25, 0.3) is 5.91 Å². The Balaban J connectivity index is 1.20. The highest BCUT2D eigenvalue weighted by Gasteiger charge is 2.21. The lowest BCUT2D eigenvalue weighted by atomic mass is 10.1. The average Bonchev–Trinajstić information content (AvgIpc) is 3.41. The van der Waals surface area contributed by atoms with Crippen LogP contribution in [0.25, 0.3) is 11.2 Å². The van der Waals surface area contributed by atoms with Crippen LogP contribution in [0.5, 0.6) is 6.01 Å². The van der Waals surface area contributed by atoms with Gasteiger partial charge in [-0.1, -0.05) is 36.4 Å². The number of nitrogen functional groups attached to an aromatic ring is 1. The number of anilines is 1. The van der Waals surface area contributed by atoms with Crippen molar-refractivity contribution in [3.8, 4) is 6.01 Å². The van der Waals surface area contributed by atoms with E-state index in [0.29, 0.717) is 42.2 Å². The molecule has 2 heterocycles. The first-order chi connectivity index (χ1) is 24.0. The number of ether oxygens (including phenoxy) is 2. The number of fused-ring (bicyclic) bond motifs is 1. The second-order valence-corrected chi connectivity index (χ2v) is 12.7. The molecule has 0 aliphatic heterocycles. The highest BCUT2D eigenvalue weighted by atomic mass is 32.2. The topological polar surface area (TPSA) is 216 Å². The fourth-order valence-electron chi connectivity index (χ4n) is 4.69. The molecule has 0 aliphatic rings. The first-order valence-corrected chi connectivity index (χ1v) is 17.1. The number of carbonyl (C=O) groups is 3. The normalized spacial score (nSPS) is 11.6. The molecule has 0 saturated carbocycles. The number of rotatable bonds is 19. The van der Waals surface area contributed by atoms with Gasteiger partial charge in [-0.15, -0.1) is 0 Å². The van der Waals surface area contributed by atoms with Crippen molar-refractivity contribution in [2.45, 2.75) is 39.9 Å². The molecule has 0 saturated heterocycles. The highest BCUT2D eigenvalue weighted by molar-refractivity contribution is 7.99. The third-order valence-electron chi connectivity index (χ3n) is 7.43. The summed E-state index contributed by atoms with van der Waals surface area (Å²) in [5.74, 6) is -1.72. The number of hydrogen-bond donors (Lipinski definition) is 5. The van der Waals surface area contributed by atoms with Gasteiger partial charge >= 0.3 is 17.7 Å². The van der Waals surface area contributed by atoms with Crippen molar-refractivity contribution in [3.63, 3.8) is 0 Å². The lowest BCUT2D eigenvalue weighted by Crippen LogP contribution is -2.29. The number of nitrogens with zero attached hydrogens (tertiary/aromatic N) is 4. The van der Waals surface area contributed by atoms with Crippen LogP contribution < -0.4 is 26.8 Å². The van der Waals surface area contributed by atoms with Crippen molar-refractivity contribution >= 4 is 52.2 Å². The molecule has 2 amide bonds. The third-order valence-corrected chi connectivity index (χ3v) is 8.56. The molecule has 1 unspecified atom stereocenters. The molecule has 0 bridgehead atoms. The van der Waals surface area contributed by atoms with Crippen LogP contribution in [-0.2, 0) is 34.0 Å². The number of aromatic amines is 1. The minimum atomic E-state index is -1.06. The monoisotopic (exact) mass is 706 g/mol. The summed E-state index contributed by atoms with van der Waals surface area (Å²) >= 11 is 1.36. The van der Waals surface area contributed by atoms with E-state index in [1.54, 1.807) is 19.2 Å². The predicted molar refractivity (Wildman–Crippen MR) is 192 cm³/mol. The number of aliphatic imine (C=N–C) groups is 1. The Morgan fingerprint density at radius 2 is 1.72 bits per heavy atom. The number of amides is 2. The van der Waals surface area contributed by atoms with Crippen LogP contribution in [-0.4, -0.2) is 86.5 Å². The van der Waals surface area contributed by atoms with Gasteiger partial charge in [0.15, 0.2) is 11.5 Å². The lowest BCUT2D eigenvalue weighted by molar-refractivity contribution is -0.143. The van der Waals surface area contributed by atoms with Crippen molar-refractivity contribution in [2.75, 3.05) is 44.1 Å². The number of imidazole rings is 1. The van der Waals surface area contributed by atoms with E-state index in [1.807, 2.05) is 50.2 Å². The molecule has 50 heavy (non-hydrogen) atoms. The average molecular weight is 707 g/mol. The largest absolute Gasteiger partial charge is 0.481 e. The van der Waals surface area contributed by atoms with Gasteiger partial charge in [-0.2, -0.15) is 21.7 Å². The molecular weight excluding hydrogens is 664 g/mol. The predicted octanol–water partition coefficient (Wildman–Crippen LogP) is 2.63. The summed E-state index contributed by atoms with van der Waals surface area (Å²) in [7, 11) is 1.54. The van der Waals surface area contributed by atoms with Crippen molar-refractivity contribution in [1.29, 1.82) is 0 Å². The number of aromatic nitrogens is 4. The number of nitrogens with two attached hydrogens (primary N) is 1. The summed E-state index contributed by atoms with van der Waals surface area (Å²) in [6.07, 6.45) is -0.174. The molecule has 2 aromatic heterocycles. The highest BCUT2D eigenvalue weighted by Crippen LogP contribution is 2.19. The zero-order valence-corrected chi connectivity index (χ0v) is 29.0. The molecule has 0 radical (unpaired) electrons. The lowest BCUT2D eigenvalue weighted by Gasteiger charge is -2.13. The summed E-state index contributed by atoms with van der Waals surface area (Å²) < 4.78 is 11.9. The van der Waals surface area contributed by atoms with E-state index >= 15 is 0 Å². The van der Waals surface area contributed by atoms with Gasteiger partial charge in [0.05, 0.1) is 25.6 Å². The van der Waals surface area contributed by atoms with Crippen LogP contribution in [0, 0.1) is 5.92 Å². The first-order valence-electron chi connectivity index (χ1n) is 15.9. The Bertz CT molecular complexity index is 1850. The van der Waals surface area contributed by atoms with Crippen molar-refractivity contribution in [1.82, 2.24) is 30.2 Å². The molecular formula is C34H42N8O7S. The summed E-state index contributed by atoms with van der Waals surface area (Å²) in [6, 6.07) is 14.5.